The molecule has 0 saturated heterocycles. The summed E-state index contributed by atoms with van der Waals surface area (Å²) in [6.07, 6.45) is 2.52. The Morgan fingerprint density at radius 2 is 2.11 bits per heavy atom. The normalized spacial score (nSPS) is 10.4. The van der Waals surface area contributed by atoms with Crippen LogP contribution in [0.25, 0.3) is 0 Å². The van der Waals surface area contributed by atoms with Gasteiger partial charge in [-0.25, -0.2) is 4.39 Å². The topological polar surface area (TPSA) is 31.2 Å². The number of benzene rings is 1. The van der Waals surface area contributed by atoms with Crippen molar-refractivity contribution in [2.45, 2.75) is 19.9 Å². The molecule has 0 aliphatic heterocycles. The van der Waals surface area contributed by atoms with Gasteiger partial charge >= 0.3 is 0 Å². The lowest BCUT2D eigenvalue weighted by Crippen LogP contribution is -2.22. The standard InChI is InChI=1S/C15H16FNO2/c1-2-9-19-14-7-4-8-17(15(14)18)11-12-5-3-6-13(16)10-12/h3-8,10H,2,9,11H2,1H3. The van der Waals surface area contributed by atoms with Crippen LogP contribution in [-0.2, 0) is 6.54 Å². The Bertz CT molecular complexity index is 607. The molecule has 4 heteroatoms. The molecule has 1 aromatic carbocycles. The van der Waals surface area contributed by atoms with Gasteiger partial charge in [-0.3, -0.25) is 4.79 Å². The van der Waals surface area contributed by atoms with Crippen molar-refractivity contribution in [3.05, 3.63) is 64.3 Å². The second-order valence-corrected chi connectivity index (χ2v) is 4.28. The van der Waals surface area contributed by atoms with Crippen molar-refractivity contribution < 1.29 is 9.13 Å². The molecular weight excluding hydrogens is 245 g/mol. The summed E-state index contributed by atoms with van der Waals surface area (Å²) >= 11 is 0. The van der Waals surface area contributed by atoms with Crippen molar-refractivity contribution in [3.63, 3.8) is 0 Å². The first-order valence-corrected chi connectivity index (χ1v) is 6.27. The van der Waals surface area contributed by atoms with Crippen LogP contribution in [0, 0.1) is 5.82 Å². The molecule has 0 radical (unpaired) electrons. The van der Waals surface area contributed by atoms with Gasteiger partial charge < -0.3 is 9.30 Å². The maximum atomic E-state index is 13.1. The van der Waals surface area contributed by atoms with E-state index >= 15 is 0 Å². The van der Waals surface area contributed by atoms with Gasteiger partial charge in [0.1, 0.15) is 5.82 Å². The van der Waals surface area contributed by atoms with Gasteiger partial charge in [0.15, 0.2) is 5.75 Å². The third-order valence-corrected chi connectivity index (χ3v) is 2.69. The van der Waals surface area contributed by atoms with E-state index in [2.05, 4.69) is 0 Å². The highest BCUT2D eigenvalue weighted by molar-refractivity contribution is 5.20. The van der Waals surface area contributed by atoms with E-state index in [4.69, 9.17) is 4.74 Å². The van der Waals surface area contributed by atoms with Crippen LogP contribution in [0.3, 0.4) is 0 Å². The number of ether oxygens (including phenoxy) is 1. The van der Waals surface area contributed by atoms with E-state index in [1.54, 1.807) is 30.5 Å². The highest BCUT2D eigenvalue weighted by Gasteiger charge is 2.05. The van der Waals surface area contributed by atoms with Crippen LogP contribution in [0.2, 0.25) is 0 Å². The molecule has 0 bridgehead atoms. The van der Waals surface area contributed by atoms with Crippen molar-refractivity contribution in [1.29, 1.82) is 0 Å². The smallest absolute Gasteiger partial charge is 0.293 e. The van der Waals surface area contributed by atoms with Crippen LogP contribution in [0.4, 0.5) is 4.39 Å². The van der Waals surface area contributed by atoms with Crippen molar-refractivity contribution in [3.8, 4) is 5.75 Å². The summed E-state index contributed by atoms with van der Waals surface area (Å²) in [5.74, 6) is 0.0321. The van der Waals surface area contributed by atoms with Crippen LogP contribution < -0.4 is 10.3 Å². The lowest BCUT2D eigenvalue weighted by molar-refractivity contribution is 0.310. The molecule has 19 heavy (non-hydrogen) atoms. The summed E-state index contributed by atoms with van der Waals surface area (Å²) < 4.78 is 20.0. The molecule has 0 spiro atoms. The quantitative estimate of drug-likeness (QED) is 0.828. The second kappa shape index (κ2) is 6.18. The van der Waals surface area contributed by atoms with E-state index in [1.807, 2.05) is 6.92 Å². The molecule has 2 rings (SSSR count). The number of rotatable bonds is 5. The van der Waals surface area contributed by atoms with Gasteiger partial charge in [-0.05, 0) is 36.2 Å². The fraction of sp³-hybridized carbons (Fsp3) is 0.267. The predicted molar refractivity (Wildman–Crippen MR) is 72.0 cm³/mol. The molecule has 1 heterocycles. The molecule has 0 saturated carbocycles. The van der Waals surface area contributed by atoms with Gasteiger partial charge in [0.05, 0.1) is 13.2 Å². The third-order valence-electron chi connectivity index (χ3n) is 2.69. The maximum Gasteiger partial charge on any atom is 0.293 e. The van der Waals surface area contributed by atoms with Crippen molar-refractivity contribution >= 4 is 0 Å². The lowest BCUT2D eigenvalue weighted by Gasteiger charge is -2.09. The van der Waals surface area contributed by atoms with E-state index < -0.39 is 0 Å². The molecule has 0 atom stereocenters. The molecular formula is C15H16FNO2. The number of halogens is 1. The summed E-state index contributed by atoms with van der Waals surface area (Å²) in [5.41, 5.74) is 0.551. The van der Waals surface area contributed by atoms with Gasteiger partial charge in [0, 0.05) is 6.20 Å². The van der Waals surface area contributed by atoms with Gasteiger partial charge in [-0.1, -0.05) is 19.1 Å². The number of hydrogen-bond acceptors (Lipinski definition) is 2. The first kappa shape index (κ1) is 13.3. The van der Waals surface area contributed by atoms with Gasteiger partial charge in [0.25, 0.3) is 5.56 Å². The van der Waals surface area contributed by atoms with Crippen molar-refractivity contribution in [1.82, 2.24) is 4.57 Å². The zero-order chi connectivity index (χ0) is 13.7. The lowest BCUT2D eigenvalue weighted by atomic mass is 10.2. The predicted octanol–water partition coefficient (Wildman–Crippen LogP) is 2.82. The molecule has 3 nitrogen and oxygen atoms in total. The molecule has 2 aromatic rings. The van der Waals surface area contributed by atoms with E-state index in [-0.39, 0.29) is 11.4 Å². The Morgan fingerprint density at radius 3 is 2.84 bits per heavy atom. The van der Waals surface area contributed by atoms with Gasteiger partial charge in [-0.15, -0.1) is 0 Å². The number of aromatic nitrogens is 1. The minimum Gasteiger partial charge on any atom is -0.488 e. The largest absolute Gasteiger partial charge is 0.488 e. The fourth-order valence-electron chi connectivity index (χ4n) is 1.79. The van der Waals surface area contributed by atoms with Crippen LogP contribution in [0.15, 0.2) is 47.4 Å². The van der Waals surface area contributed by atoms with Gasteiger partial charge in [-0.2, -0.15) is 0 Å². The summed E-state index contributed by atoms with van der Waals surface area (Å²) in [6.45, 7) is 2.83. The van der Waals surface area contributed by atoms with Crippen LogP contribution in [0.5, 0.6) is 5.75 Å². The van der Waals surface area contributed by atoms with Crippen LogP contribution in [-0.4, -0.2) is 11.2 Å². The minimum atomic E-state index is -0.302. The van der Waals surface area contributed by atoms with Crippen LogP contribution >= 0.6 is 0 Å². The summed E-state index contributed by atoms with van der Waals surface area (Å²) in [4.78, 5) is 12.1. The zero-order valence-corrected chi connectivity index (χ0v) is 10.8. The fourth-order valence-corrected chi connectivity index (χ4v) is 1.79. The zero-order valence-electron chi connectivity index (χ0n) is 10.8. The Balaban J connectivity index is 2.23. The summed E-state index contributed by atoms with van der Waals surface area (Å²) in [7, 11) is 0. The number of hydrogen-bond donors (Lipinski definition) is 0. The molecule has 0 aliphatic rings. The molecule has 0 amide bonds. The SMILES string of the molecule is CCCOc1cccn(Cc2cccc(F)c2)c1=O. The average molecular weight is 261 g/mol. The molecule has 0 aliphatic carbocycles. The number of nitrogens with zero attached hydrogens (tertiary/aromatic N) is 1. The first-order chi connectivity index (χ1) is 9.20. The summed E-state index contributed by atoms with van der Waals surface area (Å²) in [6, 6.07) is 9.63. The monoisotopic (exact) mass is 261 g/mol. The van der Waals surface area contributed by atoms with E-state index in [0.29, 0.717) is 18.9 Å². The Morgan fingerprint density at radius 1 is 1.26 bits per heavy atom. The number of pyridine rings is 1. The molecule has 0 unspecified atom stereocenters. The minimum absolute atomic E-state index is 0.194. The van der Waals surface area contributed by atoms with E-state index in [9.17, 15) is 9.18 Å². The molecule has 100 valence electrons. The third kappa shape index (κ3) is 3.44. The maximum absolute atomic E-state index is 13.1. The highest BCUT2D eigenvalue weighted by Crippen LogP contribution is 2.07. The Labute approximate surface area is 111 Å². The molecule has 0 fully saturated rings. The average Bonchev–Trinajstić information content (AvgIpc) is 2.40. The molecule has 0 N–H and O–H groups in total. The second-order valence-electron chi connectivity index (χ2n) is 4.28. The van der Waals surface area contributed by atoms with Crippen molar-refractivity contribution in [2.24, 2.45) is 0 Å². The molecule has 1 aromatic heterocycles. The van der Waals surface area contributed by atoms with Crippen molar-refractivity contribution in [2.75, 3.05) is 6.61 Å². The highest BCUT2D eigenvalue weighted by atomic mass is 19.1. The Hall–Kier alpha value is -2.10. The summed E-state index contributed by atoms with van der Waals surface area (Å²) in [5, 5.41) is 0. The van der Waals surface area contributed by atoms with Crippen LogP contribution in [0.1, 0.15) is 18.9 Å². The van der Waals surface area contributed by atoms with Gasteiger partial charge in [0.2, 0.25) is 0 Å². The Kier molecular flexibility index (Phi) is 4.34. The first-order valence-electron chi connectivity index (χ1n) is 6.27. The van der Waals surface area contributed by atoms with E-state index in [1.165, 1.54) is 16.7 Å². The van der Waals surface area contributed by atoms with E-state index in [0.717, 1.165) is 12.0 Å².